The number of hydrogen-bond donors (Lipinski definition) is 2. The smallest absolute Gasteiger partial charge is 0.274 e. The molecule has 0 aliphatic heterocycles. The zero-order valence-corrected chi connectivity index (χ0v) is 13.0. The quantitative estimate of drug-likeness (QED) is 0.764. The maximum Gasteiger partial charge on any atom is 0.274 e. The predicted molar refractivity (Wildman–Crippen MR) is 85.6 cm³/mol. The minimum Gasteiger partial charge on any atom is -0.360 e. The molecule has 0 saturated heterocycles. The highest BCUT2D eigenvalue weighted by Gasteiger charge is 2.12. The normalized spacial score (nSPS) is 10.5. The van der Waals surface area contributed by atoms with Crippen molar-refractivity contribution in [1.29, 1.82) is 0 Å². The Labute approximate surface area is 136 Å². The molecule has 0 aliphatic rings. The molecule has 0 saturated carbocycles. The van der Waals surface area contributed by atoms with Gasteiger partial charge in [-0.3, -0.25) is 4.79 Å². The highest BCUT2D eigenvalue weighted by atomic mass is 19.1. The van der Waals surface area contributed by atoms with E-state index in [4.69, 9.17) is 4.52 Å². The zero-order valence-electron chi connectivity index (χ0n) is 13.0. The van der Waals surface area contributed by atoms with Gasteiger partial charge in [0.05, 0.1) is 0 Å². The second-order valence-corrected chi connectivity index (χ2v) is 5.09. The fraction of sp³-hybridized carbons (Fsp3) is 0.125. The fourth-order valence-electron chi connectivity index (χ4n) is 2.03. The van der Waals surface area contributed by atoms with Crippen LogP contribution in [0.15, 0.2) is 40.9 Å². The van der Waals surface area contributed by atoms with Gasteiger partial charge in [-0.05, 0) is 38.1 Å². The number of benzene rings is 1. The third kappa shape index (κ3) is 3.72. The largest absolute Gasteiger partial charge is 0.360 e. The first-order valence-corrected chi connectivity index (χ1v) is 7.12. The summed E-state index contributed by atoms with van der Waals surface area (Å²) in [6.45, 7) is 3.44. The van der Waals surface area contributed by atoms with Crippen molar-refractivity contribution in [3.05, 3.63) is 59.5 Å². The lowest BCUT2D eigenvalue weighted by Crippen LogP contribution is -2.15. The van der Waals surface area contributed by atoms with E-state index in [0.717, 1.165) is 0 Å². The van der Waals surface area contributed by atoms with Gasteiger partial charge in [0, 0.05) is 17.8 Å². The second-order valence-electron chi connectivity index (χ2n) is 5.09. The third-order valence-corrected chi connectivity index (χ3v) is 3.06. The summed E-state index contributed by atoms with van der Waals surface area (Å²) in [5.41, 5.74) is 0.647. The number of anilines is 3. The number of aromatic nitrogens is 3. The first-order chi connectivity index (χ1) is 11.5. The third-order valence-electron chi connectivity index (χ3n) is 3.06. The average molecular weight is 327 g/mol. The van der Waals surface area contributed by atoms with Crippen molar-refractivity contribution in [1.82, 2.24) is 15.1 Å². The van der Waals surface area contributed by atoms with Crippen molar-refractivity contribution < 1.29 is 13.7 Å². The summed E-state index contributed by atoms with van der Waals surface area (Å²) in [5.74, 6) is 1.17. The summed E-state index contributed by atoms with van der Waals surface area (Å²) in [6.07, 6.45) is 0. The highest BCUT2D eigenvalue weighted by molar-refractivity contribution is 6.03. The van der Waals surface area contributed by atoms with E-state index in [1.165, 1.54) is 30.3 Å². The number of hydrogen-bond acceptors (Lipinski definition) is 6. The summed E-state index contributed by atoms with van der Waals surface area (Å²) in [6, 6.07) is 8.67. The molecule has 0 bridgehead atoms. The maximum absolute atomic E-state index is 12.9. The van der Waals surface area contributed by atoms with Gasteiger partial charge in [-0.1, -0.05) is 5.16 Å². The zero-order chi connectivity index (χ0) is 17.1. The monoisotopic (exact) mass is 327 g/mol. The van der Waals surface area contributed by atoms with Gasteiger partial charge in [-0.15, -0.1) is 0 Å². The lowest BCUT2D eigenvalue weighted by molar-refractivity contribution is 0.102. The number of nitrogens with one attached hydrogen (secondary N) is 2. The number of carbonyl (C=O) groups excluding carboxylic acids is 1. The van der Waals surface area contributed by atoms with Gasteiger partial charge in [0.15, 0.2) is 5.82 Å². The molecule has 2 N–H and O–H groups in total. The van der Waals surface area contributed by atoms with Gasteiger partial charge < -0.3 is 15.2 Å². The Morgan fingerprint density at radius 2 is 1.83 bits per heavy atom. The van der Waals surface area contributed by atoms with Gasteiger partial charge in [-0.2, -0.15) is 0 Å². The van der Waals surface area contributed by atoms with E-state index >= 15 is 0 Å². The Morgan fingerprint density at radius 1 is 1.08 bits per heavy atom. The number of amides is 1. The average Bonchev–Trinajstić information content (AvgIpc) is 2.94. The van der Waals surface area contributed by atoms with Crippen LogP contribution in [0.25, 0.3) is 0 Å². The molecule has 3 aromatic rings. The molecule has 2 heterocycles. The van der Waals surface area contributed by atoms with E-state index in [2.05, 4.69) is 25.8 Å². The number of aryl methyl sites for hydroxylation is 2. The molecule has 3 rings (SSSR count). The standard InChI is InChI=1S/C16H14FN5O2/c1-9-7-15(22-24-9)21-14-8-13(18-10(2)19-14)16(23)20-12-5-3-11(17)4-6-12/h3-8H,1-2H3,(H,20,23)(H,18,19,21,22). The first-order valence-electron chi connectivity index (χ1n) is 7.12. The van der Waals surface area contributed by atoms with Gasteiger partial charge in [0.25, 0.3) is 5.91 Å². The van der Waals surface area contributed by atoms with E-state index in [-0.39, 0.29) is 11.5 Å². The predicted octanol–water partition coefficient (Wildman–Crippen LogP) is 3.22. The lowest BCUT2D eigenvalue weighted by atomic mass is 10.3. The van der Waals surface area contributed by atoms with Crippen LogP contribution in [-0.4, -0.2) is 21.0 Å². The molecule has 122 valence electrons. The summed E-state index contributed by atoms with van der Waals surface area (Å²) in [7, 11) is 0. The number of nitrogens with zero attached hydrogens (tertiary/aromatic N) is 3. The second kappa shape index (κ2) is 6.45. The van der Waals surface area contributed by atoms with Crippen LogP contribution in [0, 0.1) is 19.7 Å². The maximum atomic E-state index is 12.9. The molecule has 0 fully saturated rings. The SMILES string of the molecule is Cc1nc(Nc2cc(C)on2)cc(C(=O)Nc2ccc(F)cc2)n1. The summed E-state index contributed by atoms with van der Waals surface area (Å²) < 4.78 is 17.9. The molecule has 1 aromatic carbocycles. The van der Waals surface area contributed by atoms with Crippen LogP contribution in [0.1, 0.15) is 22.1 Å². The van der Waals surface area contributed by atoms with Crippen LogP contribution >= 0.6 is 0 Å². The Morgan fingerprint density at radius 3 is 2.50 bits per heavy atom. The molecule has 7 nitrogen and oxygen atoms in total. The van der Waals surface area contributed by atoms with E-state index in [1.54, 1.807) is 19.9 Å². The Balaban J connectivity index is 1.79. The molecule has 2 aromatic heterocycles. The van der Waals surface area contributed by atoms with Crippen molar-refractivity contribution in [2.45, 2.75) is 13.8 Å². The molecule has 1 amide bonds. The Bertz CT molecular complexity index is 876. The molecular weight excluding hydrogens is 313 g/mol. The summed E-state index contributed by atoms with van der Waals surface area (Å²) >= 11 is 0. The highest BCUT2D eigenvalue weighted by Crippen LogP contribution is 2.16. The molecule has 0 aliphatic carbocycles. The lowest BCUT2D eigenvalue weighted by Gasteiger charge is -2.07. The van der Waals surface area contributed by atoms with Crippen LogP contribution in [0.5, 0.6) is 0 Å². The molecule has 0 atom stereocenters. The van der Waals surface area contributed by atoms with Gasteiger partial charge in [0.1, 0.15) is 28.9 Å². The van der Waals surface area contributed by atoms with Crippen molar-refractivity contribution in [3.63, 3.8) is 0 Å². The number of rotatable bonds is 4. The van der Waals surface area contributed by atoms with E-state index in [1.807, 2.05) is 0 Å². The minimum absolute atomic E-state index is 0.176. The van der Waals surface area contributed by atoms with Gasteiger partial charge in [-0.25, -0.2) is 14.4 Å². The van der Waals surface area contributed by atoms with E-state index < -0.39 is 5.91 Å². The molecular formula is C16H14FN5O2. The molecule has 8 heteroatoms. The minimum atomic E-state index is -0.425. The van der Waals surface area contributed by atoms with E-state index in [9.17, 15) is 9.18 Å². The van der Waals surface area contributed by atoms with Gasteiger partial charge in [0.2, 0.25) is 0 Å². The van der Waals surface area contributed by atoms with Crippen LogP contribution in [0.3, 0.4) is 0 Å². The fourth-order valence-corrected chi connectivity index (χ4v) is 2.03. The summed E-state index contributed by atoms with van der Waals surface area (Å²) in [5, 5.41) is 9.41. The molecule has 24 heavy (non-hydrogen) atoms. The number of carbonyl (C=O) groups is 1. The molecule has 0 unspecified atom stereocenters. The van der Waals surface area contributed by atoms with Crippen molar-refractivity contribution in [2.75, 3.05) is 10.6 Å². The Kier molecular flexibility index (Phi) is 4.19. The Hall–Kier alpha value is -3.29. The summed E-state index contributed by atoms with van der Waals surface area (Å²) in [4.78, 5) is 20.6. The van der Waals surface area contributed by atoms with Crippen LogP contribution < -0.4 is 10.6 Å². The molecule has 0 radical (unpaired) electrons. The van der Waals surface area contributed by atoms with Crippen molar-refractivity contribution >= 4 is 23.2 Å². The van der Waals surface area contributed by atoms with Crippen LogP contribution in [0.4, 0.5) is 21.7 Å². The topological polar surface area (TPSA) is 92.9 Å². The molecule has 0 spiro atoms. The number of halogens is 1. The van der Waals surface area contributed by atoms with Crippen molar-refractivity contribution in [3.8, 4) is 0 Å². The van der Waals surface area contributed by atoms with Crippen LogP contribution in [-0.2, 0) is 0 Å². The van der Waals surface area contributed by atoms with Crippen molar-refractivity contribution in [2.24, 2.45) is 0 Å². The first kappa shape index (κ1) is 15.6. The van der Waals surface area contributed by atoms with E-state index in [0.29, 0.717) is 28.9 Å². The van der Waals surface area contributed by atoms with Gasteiger partial charge >= 0.3 is 0 Å². The van der Waals surface area contributed by atoms with Crippen LogP contribution in [0.2, 0.25) is 0 Å².